The first-order chi connectivity index (χ1) is 10.4. The second-order valence-electron chi connectivity index (χ2n) is 4.81. The van der Waals surface area contributed by atoms with Crippen LogP contribution in [0, 0.1) is 13.8 Å². The zero-order valence-corrected chi connectivity index (χ0v) is 13.1. The molecule has 2 aromatic rings. The minimum Gasteiger partial charge on any atom is -0.360 e. The maximum absolute atomic E-state index is 12.0. The Bertz CT molecular complexity index is 768. The van der Waals surface area contributed by atoms with Gasteiger partial charge in [-0.25, -0.2) is 8.42 Å². The molecule has 0 aliphatic rings. The van der Waals surface area contributed by atoms with E-state index in [1.807, 2.05) is 19.1 Å². The van der Waals surface area contributed by atoms with E-state index in [-0.39, 0.29) is 24.0 Å². The topological polar surface area (TPSA) is 101 Å². The maximum Gasteiger partial charge on any atom is 0.251 e. The van der Waals surface area contributed by atoms with Crippen LogP contribution in [0.5, 0.6) is 0 Å². The van der Waals surface area contributed by atoms with Gasteiger partial charge in [0.2, 0.25) is 10.0 Å². The van der Waals surface area contributed by atoms with Gasteiger partial charge in [0.1, 0.15) is 5.76 Å². The van der Waals surface area contributed by atoms with E-state index in [9.17, 15) is 13.2 Å². The number of benzene rings is 1. The number of aryl methyl sites for hydroxylation is 2. The number of carbonyl (C=O) groups is 1. The number of rotatable bonds is 6. The summed E-state index contributed by atoms with van der Waals surface area (Å²) in [5, 5.41) is 6.14. The number of hydrogen-bond acceptors (Lipinski definition) is 5. The van der Waals surface area contributed by atoms with Crippen LogP contribution in [0.1, 0.15) is 21.7 Å². The van der Waals surface area contributed by atoms with Gasteiger partial charge in [0.15, 0.2) is 5.82 Å². The predicted molar refractivity (Wildman–Crippen MR) is 82.2 cm³/mol. The van der Waals surface area contributed by atoms with Crippen molar-refractivity contribution < 1.29 is 17.7 Å². The number of aromatic nitrogens is 1. The van der Waals surface area contributed by atoms with Crippen molar-refractivity contribution in [2.45, 2.75) is 13.8 Å². The third kappa shape index (κ3) is 4.32. The molecule has 1 amide bonds. The molecule has 8 heteroatoms. The second-order valence-corrected chi connectivity index (χ2v) is 6.66. The highest BCUT2D eigenvalue weighted by Gasteiger charge is 2.14. The van der Waals surface area contributed by atoms with Gasteiger partial charge in [-0.3, -0.25) is 9.52 Å². The molecule has 0 bridgehead atoms. The highest BCUT2D eigenvalue weighted by molar-refractivity contribution is 7.92. The molecular formula is C14H17N3O4S. The Balaban J connectivity index is 1.87. The van der Waals surface area contributed by atoms with Crippen LogP contribution < -0.4 is 10.0 Å². The smallest absolute Gasteiger partial charge is 0.251 e. The molecule has 1 aromatic carbocycles. The minimum absolute atomic E-state index is 0.000660. The van der Waals surface area contributed by atoms with Crippen LogP contribution in [0.25, 0.3) is 0 Å². The van der Waals surface area contributed by atoms with Crippen molar-refractivity contribution in [1.29, 1.82) is 0 Å². The normalized spacial score (nSPS) is 11.2. The van der Waals surface area contributed by atoms with Gasteiger partial charge in [-0.2, -0.15) is 0 Å². The molecular weight excluding hydrogens is 306 g/mol. The average molecular weight is 323 g/mol. The Hall–Kier alpha value is -2.35. The lowest BCUT2D eigenvalue weighted by Crippen LogP contribution is -2.31. The maximum atomic E-state index is 12.0. The fraction of sp³-hybridized carbons (Fsp3) is 0.286. The SMILES string of the molecule is Cc1cc(NS(=O)(=O)CCNC(=O)c2ccccc2C)no1. The van der Waals surface area contributed by atoms with Gasteiger partial charge in [0.25, 0.3) is 5.91 Å². The summed E-state index contributed by atoms with van der Waals surface area (Å²) in [6.07, 6.45) is 0. The number of sulfonamides is 1. The highest BCUT2D eigenvalue weighted by Crippen LogP contribution is 2.09. The third-order valence-corrected chi connectivity index (χ3v) is 4.20. The van der Waals surface area contributed by atoms with Crippen molar-refractivity contribution in [3.05, 3.63) is 47.2 Å². The van der Waals surface area contributed by atoms with Gasteiger partial charge >= 0.3 is 0 Å². The van der Waals surface area contributed by atoms with Gasteiger partial charge < -0.3 is 9.84 Å². The van der Waals surface area contributed by atoms with Crippen molar-refractivity contribution in [3.8, 4) is 0 Å². The van der Waals surface area contributed by atoms with Crippen LogP contribution in [0.3, 0.4) is 0 Å². The molecule has 0 spiro atoms. The number of nitrogens with one attached hydrogen (secondary N) is 2. The van der Waals surface area contributed by atoms with E-state index >= 15 is 0 Å². The van der Waals surface area contributed by atoms with Crippen LogP contribution in [-0.2, 0) is 10.0 Å². The van der Waals surface area contributed by atoms with E-state index in [1.54, 1.807) is 19.1 Å². The molecule has 0 saturated heterocycles. The van der Waals surface area contributed by atoms with Gasteiger partial charge in [-0.05, 0) is 25.5 Å². The number of amides is 1. The van der Waals surface area contributed by atoms with Crippen LogP contribution in [0.2, 0.25) is 0 Å². The monoisotopic (exact) mass is 323 g/mol. The molecule has 0 aliphatic heterocycles. The van der Waals surface area contributed by atoms with E-state index in [1.165, 1.54) is 6.07 Å². The first-order valence-electron chi connectivity index (χ1n) is 6.65. The van der Waals surface area contributed by atoms with Crippen molar-refractivity contribution in [2.24, 2.45) is 0 Å². The molecule has 0 radical (unpaired) electrons. The zero-order chi connectivity index (χ0) is 16.2. The molecule has 0 atom stereocenters. The van der Waals surface area contributed by atoms with Crippen molar-refractivity contribution in [2.75, 3.05) is 17.0 Å². The summed E-state index contributed by atoms with van der Waals surface area (Å²) in [6, 6.07) is 8.58. The van der Waals surface area contributed by atoms with Gasteiger partial charge in [0, 0.05) is 18.2 Å². The van der Waals surface area contributed by atoms with Crippen LogP contribution in [0.15, 0.2) is 34.9 Å². The fourth-order valence-electron chi connectivity index (χ4n) is 1.85. The lowest BCUT2D eigenvalue weighted by atomic mass is 10.1. The Labute approximate surface area is 128 Å². The third-order valence-electron chi connectivity index (χ3n) is 2.93. The summed E-state index contributed by atoms with van der Waals surface area (Å²) in [7, 11) is -3.60. The predicted octanol–water partition coefficient (Wildman–Crippen LogP) is 1.46. The van der Waals surface area contributed by atoms with Gasteiger partial charge in [-0.1, -0.05) is 23.4 Å². The number of nitrogens with zero attached hydrogens (tertiary/aromatic N) is 1. The second kappa shape index (κ2) is 6.61. The molecule has 2 N–H and O–H groups in total. The largest absolute Gasteiger partial charge is 0.360 e. The summed E-state index contributed by atoms with van der Waals surface area (Å²) >= 11 is 0. The Morgan fingerprint density at radius 3 is 2.64 bits per heavy atom. The number of hydrogen-bond donors (Lipinski definition) is 2. The first-order valence-corrected chi connectivity index (χ1v) is 8.30. The molecule has 1 heterocycles. The number of carbonyl (C=O) groups excluding carboxylic acids is 1. The van der Waals surface area contributed by atoms with E-state index in [2.05, 4.69) is 15.2 Å². The highest BCUT2D eigenvalue weighted by atomic mass is 32.2. The molecule has 2 rings (SSSR count). The van der Waals surface area contributed by atoms with Gasteiger partial charge in [0.05, 0.1) is 5.75 Å². The molecule has 22 heavy (non-hydrogen) atoms. The fourth-order valence-corrected chi connectivity index (χ4v) is 2.73. The summed E-state index contributed by atoms with van der Waals surface area (Å²) in [5.74, 6) is 0.0788. The quantitative estimate of drug-likeness (QED) is 0.838. The first kappa shape index (κ1) is 16.0. The van der Waals surface area contributed by atoms with E-state index < -0.39 is 10.0 Å². The Morgan fingerprint density at radius 1 is 1.27 bits per heavy atom. The molecule has 0 unspecified atom stereocenters. The zero-order valence-electron chi connectivity index (χ0n) is 12.3. The van der Waals surface area contributed by atoms with Crippen molar-refractivity contribution in [3.63, 3.8) is 0 Å². The van der Waals surface area contributed by atoms with Crippen molar-refractivity contribution in [1.82, 2.24) is 10.5 Å². The molecule has 0 saturated carbocycles. The summed E-state index contributed by atoms with van der Waals surface area (Å²) in [6.45, 7) is 3.48. The average Bonchev–Trinajstić information content (AvgIpc) is 2.83. The van der Waals surface area contributed by atoms with Gasteiger partial charge in [-0.15, -0.1) is 0 Å². The standard InChI is InChI=1S/C14H17N3O4S/c1-10-5-3-4-6-12(10)14(18)15-7-8-22(19,20)17-13-9-11(2)21-16-13/h3-6,9H,7-8H2,1-2H3,(H,15,18)(H,16,17). The molecule has 1 aromatic heterocycles. The number of anilines is 1. The minimum atomic E-state index is -3.60. The summed E-state index contributed by atoms with van der Waals surface area (Å²) in [4.78, 5) is 12.0. The Kier molecular flexibility index (Phi) is 4.81. The summed E-state index contributed by atoms with van der Waals surface area (Å²) in [5.41, 5.74) is 1.36. The van der Waals surface area contributed by atoms with Crippen LogP contribution >= 0.6 is 0 Å². The van der Waals surface area contributed by atoms with Crippen molar-refractivity contribution >= 4 is 21.7 Å². The van der Waals surface area contributed by atoms with E-state index in [0.29, 0.717) is 11.3 Å². The lowest BCUT2D eigenvalue weighted by molar-refractivity contribution is 0.0955. The molecule has 0 aliphatic carbocycles. The molecule has 0 fully saturated rings. The Morgan fingerprint density at radius 2 is 2.00 bits per heavy atom. The van der Waals surface area contributed by atoms with E-state index in [4.69, 9.17) is 4.52 Å². The lowest BCUT2D eigenvalue weighted by Gasteiger charge is -2.08. The van der Waals surface area contributed by atoms with Crippen LogP contribution in [-0.4, -0.2) is 31.8 Å². The van der Waals surface area contributed by atoms with Crippen LogP contribution in [0.4, 0.5) is 5.82 Å². The molecule has 7 nitrogen and oxygen atoms in total. The summed E-state index contributed by atoms with van der Waals surface area (Å²) < 4.78 is 30.8. The van der Waals surface area contributed by atoms with E-state index in [0.717, 1.165) is 5.56 Å². The molecule has 118 valence electrons.